The van der Waals surface area contributed by atoms with Gasteiger partial charge >= 0.3 is 0 Å². The Balaban J connectivity index is 1.73. The first-order chi connectivity index (χ1) is 11.7. The summed E-state index contributed by atoms with van der Waals surface area (Å²) < 4.78 is 10.6. The van der Waals surface area contributed by atoms with Gasteiger partial charge < -0.3 is 9.15 Å². The van der Waals surface area contributed by atoms with Crippen molar-refractivity contribution in [2.24, 2.45) is 0 Å². The molecule has 122 valence electrons. The van der Waals surface area contributed by atoms with E-state index in [0.717, 1.165) is 16.9 Å². The Hall–Kier alpha value is -3.22. The van der Waals surface area contributed by atoms with Gasteiger partial charge in [-0.2, -0.15) is 0 Å². The number of benzene rings is 1. The maximum atomic E-state index is 12.1. The highest BCUT2D eigenvalue weighted by atomic mass is 16.5. The summed E-state index contributed by atoms with van der Waals surface area (Å²) in [5, 5.41) is 6.03. The van der Waals surface area contributed by atoms with Crippen molar-refractivity contribution in [2.75, 3.05) is 7.11 Å². The van der Waals surface area contributed by atoms with Gasteiger partial charge in [0.05, 0.1) is 19.8 Å². The zero-order valence-electron chi connectivity index (χ0n) is 13.0. The summed E-state index contributed by atoms with van der Waals surface area (Å²) in [5.41, 5.74) is 1.86. The van der Waals surface area contributed by atoms with Crippen LogP contribution in [-0.2, 0) is 17.6 Å². The average Bonchev–Trinajstić information content (AvgIpc) is 3.27. The van der Waals surface area contributed by atoms with Crippen LogP contribution in [0.25, 0.3) is 0 Å². The van der Waals surface area contributed by atoms with Gasteiger partial charge in [-0.15, -0.1) is 5.10 Å². The summed E-state index contributed by atoms with van der Waals surface area (Å²) in [6.07, 6.45) is 3.21. The molecule has 0 atom stereocenters. The molecule has 7 nitrogen and oxygen atoms in total. The molecule has 7 heteroatoms. The summed E-state index contributed by atoms with van der Waals surface area (Å²) in [4.78, 5) is 27.7. The first-order valence-corrected chi connectivity index (χ1v) is 7.29. The molecule has 0 aliphatic carbocycles. The maximum absolute atomic E-state index is 12.1. The molecule has 0 saturated heterocycles. The van der Waals surface area contributed by atoms with Crippen LogP contribution in [-0.4, -0.2) is 33.9 Å². The standard InChI is InChI=1S/C17H15N3O4/c1-23-13-4-2-3-11(8-13)7-12-5-6-24-15(12)9-14(21)16(22)17-18-10-19-20-17/h2-6,8,10H,7,9H2,1H3,(H,18,19,20). The van der Waals surface area contributed by atoms with Crippen molar-refractivity contribution < 1.29 is 18.7 Å². The van der Waals surface area contributed by atoms with Crippen LogP contribution in [0.3, 0.4) is 0 Å². The van der Waals surface area contributed by atoms with Crippen molar-refractivity contribution in [3.05, 3.63) is 65.6 Å². The zero-order valence-corrected chi connectivity index (χ0v) is 13.0. The van der Waals surface area contributed by atoms with Crippen LogP contribution in [0.2, 0.25) is 0 Å². The smallest absolute Gasteiger partial charge is 0.268 e. The predicted molar refractivity (Wildman–Crippen MR) is 83.9 cm³/mol. The SMILES string of the molecule is COc1cccc(Cc2ccoc2CC(=O)C(=O)c2nc[nH]n2)c1. The van der Waals surface area contributed by atoms with Crippen LogP contribution in [0.4, 0.5) is 0 Å². The summed E-state index contributed by atoms with van der Waals surface area (Å²) in [5.74, 6) is -0.266. The molecule has 0 unspecified atom stereocenters. The summed E-state index contributed by atoms with van der Waals surface area (Å²) in [6, 6.07) is 9.42. The van der Waals surface area contributed by atoms with E-state index < -0.39 is 11.6 Å². The van der Waals surface area contributed by atoms with Crippen molar-refractivity contribution in [3.63, 3.8) is 0 Å². The number of rotatable bonds is 7. The Morgan fingerprint density at radius 3 is 2.92 bits per heavy atom. The third-order valence-electron chi connectivity index (χ3n) is 3.56. The molecular weight excluding hydrogens is 310 g/mol. The number of carbonyl (C=O) groups is 2. The topological polar surface area (TPSA) is 98.1 Å². The van der Waals surface area contributed by atoms with Crippen molar-refractivity contribution in [1.82, 2.24) is 15.2 Å². The molecule has 24 heavy (non-hydrogen) atoms. The lowest BCUT2D eigenvalue weighted by Gasteiger charge is -2.05. The Labute approximate surface area is 137 Å². The van der Waals surface area contributed by atoms with Gasteiger partial charge in [-0.1, -0.05) is 12.1 Å². The maximum Gasteiger partial charge on any atom is 0.268 e. The van der Waals surface area contributed by atoms with Gasteiger partial charge in [-0.3, -0.25) is 14.7 Å². The van der Waals surface area contributed by atoms with Crippen LogP contribution in [0.1, 0.15) is 27.5 Å². The molecule has 0 saturated carbocycles. The molecule has 0 radical (unpaired) electrons. The number of aromatic nitrogens is 3. The molecular formula is C17H15N3O4. The number of carbonyl (C=O) groups excluding carboxylic acids is 2. The van der Waals surface area contributed by atoms with Crippen molar-refractivity contribution in [2.45, 2.75) is 12.8 Å². The highest BCUT2D eigenvalue weighted by Crippen LogP contribution is 2.20. The lowest BCUT2D eigenvalue weighted by molar-refractivity contribution is -0.114. The minimum absolute atomic E-state index is 0.125. The molecule has 1 aromatic carbocycles. The van der Waals surface area contributed by atoms with E-state index in [9.17, 15) is 9.59 Å². The number of nitrogens with zero attached hydrogens (tertiary/aromatic N) is 2. The highest BCUT2D eigenvalue weighted by molar-refractivity contribution is 6.43. The van der Waals surface area contributed by atoms with Crippen molar-refractivity contribution in [1.29, 1.82) is 0 Å². The number of aromatic amines is 1. The van der Waals surface area contributed by atoms with E-state index >= 15 is 0 Å². The number of Topliss-reactive ketones (excluding diaryl/α,β-unsaturated/α-hetero) is 2. The van der Waals surface area contributed by atoms with Gasteiger partial charge in [0, 0.05) is 6.42 Å². The number of hydrogen-bond donors (Lipinski definition) is 1. The second-order valence-electron chi connectivity index (χ2n) is 5.15. The molecule has 0 aliphatic rings. The number of ether oxygens (including phenoxy) is 1. The van der Waals surface area contributed by atoms with Crippen LogP contribution < -0.4 is 4.74 Å². The van der Waals surface area contributed by atoms with Crippen LogP contribution in [0.5, 0.6) is 5.75 Å². The first-order valence-electron chi connectivity index (χ1n) is 7.29. The van der Waals surface area contributed by atoms with E-state index in [4.69, 9.17) is 9.15 Å². The van der Waals surface area contributed by atoms with Crippen LogP contribution >= 0.6 is 0 Å². The molecule has 3 rings (SSSR count). The fourth-order valence-corrected chi connectivity index (χ4v) is 2.35. The monoisotopic (exact) mass is 325 g/mol. The van der Waals surface area contributed by atoms with E-state index in [-0.39, 0.29) is 12.2 Å². The number of methoxy groups -OCH3 is 1. The lowest BCUT2D eigenvalue weighted by Crippen LogP contribution is -2.18. The molecule has 0 fully saturated rings. The normalized spacial score (nSPS) is 10.5. The van der Waals surface area contributed by atoms with E-state index in [1.807, 2.05) is 24.3 Å². The van der Waals surface area contributed by atoms with E-state index in [1.54, 1.807) is 13.2 Å². The number of ketones is 2. The summed E-state index contributed by atoms with van der Waals surface area (Å²) in [6.45, 7) is 0. The van der Waals surface area contributed by atoms with Gasteiger partial charge in [-0.25, -0.2) is 4.98 Å². The van der Waals surface area contributed by atoms with Crippen molar-refractivity contribution in [3.8, 4) is 5.75 Å². The quantitative estimate of drug-likeness (QED) is 0.527. The molecule has 2 aromatic heterocycles. The first kappa shape index (κ1) is 15.7. The lowest BCUT2D eigenvalue weighted by atomic mass is 10.0. The average molecular weight is 325 g/mol. The van der Waals surface area contributed by atoms with Gasteiger partial charge in [0.2, 0.25) is 11.6 Å². The van der Waals surface area contributed by atoms with Gasteiger partial charge in [0.15, 0.2) is 0 Å². The number of hydrogen-bond acceptors (Lipinski definition) is 6. The second-order valence-corrected chi connectivity index (χ2v) is 5.15. The predicted octanol–water partition coefficient (Wildman–Crippen LogP) is 1.99. The summed E-state index contributed by atoms with van der Waals surface area (Å²) in [7, 11) is 1.61. The third kappa shape index (κ3) is 3.40. The number of H-pyrrole nitrogens is 1. The van der Waals surface area contributed by atoms with Crippen molar-refractivity contribution >= 4 is 11.6 Å². The summed E-state index contributed by atoms with van der Waals surface area (Å²) >= 11 is 0. The molecule has 1 N–H and O–H groups in total. The Morgan fingerprint density at radius 2 is 2.17 bits per heavy atom. The van der Waals surface area contributed by atoms with E-state index in [1.165, 1.54) is 12.6 Å². The molecule has 3 aromatic rings. The van der Waals surface area contributed by atoms with Crippen LogP contribution in [0.15, 0.2) is 47.3 Å². The zero-order chi connectivity index (χ0) is 16.9. The fourth-order valence-electron chi connectivity index (χ4n) is 2.35. The minimum atomic E-state index is -0.736. The molecule has 0 bridgehead atoms. The van der Waals surface area contributed by atoms with Crippen LogP contribution in [0, 0.1) is 0 Å². The third-order valence-corrected chi connectivity index (χ3v) is 3.56. The Kier molecular flexibility index (Phi) is 4.51. The second kappa shape index (κ2) is 6.91. The largest absolute Gasteiger partial charge is 0.497 e. The Morgan fingerprint density at radius 1 is 1.29 bits per heavy atom. The molecule has 0 aliphatic heterocycles. The highest BCUT2D eigenvalue weighted by Gasteiger charge is 2.22. The number of nitrogens with one attached hydrogen (secondary N) is 1. The molecule has 0 amide bonds. The van der Waals surface area contributed by atoms with Gasteiger partial charge in [0.25, 0.3) is 5.78 Å². The van der Waals surface area contributed by atoms with E-state index in [2.05, 4.69) is 15.2 Å². The molecule has 2 heterocycles. The fraction of sp³-hybridized carbons (Fsp3) is 0.176. The van der Waals surface area contributed by atoms with E-state index in [0.29, 0.717) is 12.2 Å². The number of furan rings is 1. The van der Waals surface area contributed by atoms with Gasteiger partial charge in [-0.05, 0) is 29.3 Å². The minimum Gasteiger partial charge on any atom is -0.497 e. The van der Waals surface area contributed by atoms with Gasteiger partial charge in [0.1, 0.15) is 17.8 Å². The molecule has 0 spiro atoms. The Bertz CT molecular complexity index is 852.